The third-order valence-electron chi connectivity index (χ3n) is 5.06. The van der Waals surface area contributed by atoms with Gasteiger partial charge in [-0.2, -0.15) is 9.41 Å². The van der Waals surface area contributed by atoms with E-state index in [4.69, 9.17) is 4.74 Å². The standard InChI is InChI=1S/C22H27N3O5S/c1-16-3-9-21(26)20(15-16)17(2)23-24-22(27)10-6-18-4-7-19(8-5-18)31(28,29)25-11-13-30-14-12-25/h3-5,7-9,15,26H,6,10-14H2,1-2H3,(H,24,27)/b23-17+. The van der Waals surface area contributed by atoms with Gasteiger partial charge in [0.15, 0.2) is 0 Å². The van der Waals surface area contributed by atoms with Gasteiger partial charge in [-0.3, -0.25) is 4.79 Å². The van der Waals surface area contributed by atoms with Crippen LogP contribution in [0.15, 0.2) is 52.5 Å². The third-order valence-corrected chi connectivity index (χ3v) is 6.97. The molecule has 0 atom stereocenters. The van der Waals surface area contributed by atoms with Gasteiger partial charge in [0.25, 0.3) is 0 Å². The second-order valence-electron chi connectivity index (χ2n) is 7.41. The Labute approximate surface area is 182 Å². The summed E-state index contributed by atoms with van der Waals surface area (Å²) >= 11 is 0. The lowest BCUT2D eigenvalue weighted by molar-refractivity contribution is -0.121. The second-order valence-corrected chi connectivity index (χ2v) is 9.35. The van der Waals surface area contributed by atoms with Crippen molar-refractivity contribution < 1.29 is 23.1 Å². The molecule has 1 aliphatic heterocycles. The van der Waals surface area contributed by atoms with E-state index in [1.54, 1.807) is 49.4 Å². The summed E-state index contributed by atoms with van der Waals surface area (Å²) in [6, 6.07) is 11.8. The number of nitrogens with zero attached hydrogens (tertiary/aromatic N) is 2. The Morgan fingerprint density at radius 2 is 1.84 bits per heavy atom. The van der Waals surface area contributed by atoms with Gasteiger partial charge in [0.2, 0.25) is 15.9 Å². The van der Waals surface area contributed by atoms with E-state index < -0.39 is 10.0 Å². The number of hydrogen-bond donors (Lipinski definition) is 2. The molecular weight excluding hydrogens is 418 g/mol. The van der Waals surface area contributed by atoms with Crippen molar-refractivity contribution in [3.05, 3.63) is 59.2 Å². The molecule has 1 amide bonds. The van der Waals surface area contributed by atoms with Crippen LogP contribution in [0.5, 0.6) is 5.75 Å². The molecule has 2 N–H and O–H groups in total. The van der Waals surface area contributed by atoms with Crippen molar-refractivity contribution in [2.75, 3.05) is 26.3 Å². The number of phenolic OH excluding ortho intramolecular Hbond substituents is 1. The van der Waals surface area contributed by atoms with Crippen molar-refractivity contribution in [2.45, 2.75) is 31.6 Å². The SMILES string of the molecule is C/C(=N\NC(=O)CCc1ccc(S(=O)(=O)N2CCOCC2)cc1)c1cc(C)ccc1O. The van der Waals surface area contributed by atoms with Crippen LogP contribution in [0.1, 0.15) is 30.0 Å². The average molecular weight is 446 g/mol. The van der Waals surface area contributed by atoms with Gasteiger partial charge in [0.05, 0.1) is 23.8 Å². The minimum Gasteiger partial charge on any atom is -0.507 e. The van der Waals surface area contributed by atoms with E-state index in [0.717, 1.165) is 11.1 Å². The van der Waals surface area contributed by atoms with Crippen LogP contribution in [0.25, 0.3) is 0 Å². The van der Waals surface area contributed by atoms with Crippen molar-refractivity contribution in [1.82, 2.24) is 9.73 Å². The third kappa shape index (κ3) is 5.90. The van der Waals surface area contributed by atoms with Crippen molar-refractivity contribution in [2.24, 2.45) is 5.10 Å². The van der Waals surface area contributed by atoms with Gasteiger partial charge in [-0.15, -0.1) is 0 Å². The van der Waals surface area contributed by atoms with Gasteiger partial charge < -0.3 is 9.84 Å². The summed E-state index contributed by atoms with van der Waals surface area (Å²) in [6.07, 6.45) is 0.653. The lowest BCUT2D eigenvalue weighted by Gasteiger charge is -2.26. The van der Waals surface area contributed by atoms with Gasteiger partial charge >= 0.3 is 0 Å². The predicted octanol–water partition coefficient (Wildman–Crippen LogP) is 2.19. The molecule has 2 aromatic carbocycles. The van der Waals surface area contributed by atoms with Crippen LogP contribution in [0.2, 0.25) is 0 Å². The first-order valence-electron chi connectivity index (χ1n) is 10.1. The topological polar surface area (TPSA) is 108 Å². The van der Waals surface area contributed by atoms with Gasteiger partial charge in [0, 0.05) is 25.1 Å². The fourth-order valence-corrected chi connectivity index (χ4v) is 4.63. The molecule has 1 heterocycles. The molecule has 0 aromatic heterocycles. The summed E-state index contributed by atoms with van der Waals surface area (Å²) in [4.78, 5) is 12.4. The quantitative estimate of drug-likeness (QED) is 0.502. The van der Waals surface area contributed by atoms with E-state index >= 15 is 0 Å². The van der Waals surface area contributed by atoms with Crippen LogP contribution in [0.4, 0.5) is 0 Å². The van der Waals surface area contributed by atoms with Crippen LogP contribution < -0.4 is 5.43 Å². The number of amides is 1. The molecule has 1 saturated heterocycles. The number of carbonyl (C=O) groups excluding carboxylic acids is 1. The molecule has 0 radical (unpaired) electrons. The summed E-state index contributed by atoms with van der Waals surface area (Å²) in [5.41, 5.74) is 5.41. The Hall–Kier alpha value is -2.75. The molecule has 1 aliphatic rings. The number of aryl methyl sites for hydroxylation is 2. The molecule has 9 heteroatoms. The molecule has 0 bridgehead atoms. The summed E-state index contributed by atoms with van der Waals surface area (Å²) in [5.74, 6) is -0.162. The smallest absolute Gasteiger partial charge is 0.243 e. The first kappa shape index (κ1) is 22.9. The maximum absolute atomic E-state index is 12.6. The molecule has 31 heavy (non-hydrogen) atoms. The van der Waals surface area contributed by atoms with E-state index in [1.165, 1.54) is 4.31 Å². The Bertz CT molecular complexity index is 1060. The van der Waals surface area contributed by atoms with Crippen molar-refractivity contribution in [1.29, 1.82) is 0 Å². The second kappa shape index (κ2) is 10.0. The molecule has 8 nitrogen and oxygen atoms in total. The summed E-state index contributed by atoms with van der Waals surface area (Å²) in [6.45, 7) is 5.12. The maximum atomic E-state index is 12.6. The number of morpholine rings is 1. The highest BCUT2D eigenvalue weighted by Crippen LogP contribution is 2.19. The first-order valence-corrected chi connectivity index (χ1v) is 11.5. The number of carbonyl (C=O) groups is 1. The fourth-order valence-electron chi connectivity index (χ4n) is 3.22. The average Bonchev–Trinajstić information content (AvgIpc) is 2.78. The fraction of sp³-hybridized carbons (Fsp3) is 0.364. The number of sulfonamides is 1. The molecule has 0 spiro atoms. The van der Waals surface area contributed by atoms with Crippen LogP contribution in [-0.4, -0.2) is 55.8 Å². The van der Waals surface area contributed by atoms with Crippen molar-refractivity contribution in [3.63, 3.8) is 0 Å². The van der Waals surface area contributed by atoms with Gasteiger partial charge in [-0.25, -0.2) is 13.8 Å². The van der Waals surface area contributed by atoms with Crippen LogP contribution in [0.3, 0.4) is 0 Å². The molecule has 3 rings (SSSR count). The number of rotatable bonds is 7. The zero-order chi connectivity index (χ0) is 22.4. The number of phenols is 1. The number of hydrogen-bond acceptors (Lipinski definition) is 6. The van der Waals surface area contributed by atoms with Gasteiger partial charge in [-0.05, 0) is 50.1 Å². The zero-order valence-corrected chi connectivity index (χ0v) is 18.5. The Morgan fingerprint density at radius 1 is 1.16 bits per heavy atom. The minimum atomic E-state index is -3.53. The molecule has 166 valence electrons. The van der Waals surface area contributed by atoms with Crippen molar-refractivity contribution in [3.8, 4) is 5.75 Å². The van der Waals surface area contributed by atoms with E-state index in [1.807, 2.05) is 6.92 Å². The van der Waals surface area contributed by atoms with E-state index in [0.29, 0.717) is 44.0 Å². The Morgan fingerprint density at radius 3 is 2.52 bits per heavy atom. The lowest BCUT2D eigenvalue weighted by Crippen LogP contribution is -2.40. The van der Waals surface area contributed by atoms with E-state index in [2.05, 4.69) is 10.5 Å². The monoisotopic (exact) mass is 445 g/mol. The maximum Gasteiger partial charge on any atom is 0.243 e. The summed E-state index contributed by atoms with van der Waals surface area (Å²) in [5, 5.41) is 14.0. The highest BCUT2D eigenvalue weighted by Gasteiger charge is 2.26. The van der Waals surface area contributed by atoms with E-state index in [9.17, 15) is 18.3 Å². The lowest BCUT2D eigenvalue weighted by atomic mass is 10.1. The number of nitrogens with one attached hydrogen (secondary N) is 1. The summed E-state index contributed by atoms with van der Waals surface area (Å²) < 4.78 is 31.9. The van der Waals surface area contributed by atoms with Crippen LogP contribution in [0, 0.1) is 6.92 Å². The number of hydrazone groups is 1. The first-order chi connectivity index (χ1) is 14.8. The minimum absolute atomic E-state index is 0.105. The van der Waals surface area contributed by atoms with E-state index in [-0.39, 0.29) is 23.0 Å². The van der Waals surface area contributed by atoms with Crippen LogP contribution in [-0.2, 0) is 26.0 Å². The normalized spacial score (nSPS) is 15.6. The zero-order valence-electron chi connectivity index (χ0n) is 17.7. The molecule has 2 aromatic rings. The molecular formula is C22H27N3O5S. The molecule has 0 aliphatic carbocycles. The Balaban J connectivity index is 1.55. The Kier molecular flexibility index (Phi) is 7.42. The number of aromatic hydroxyl groups is 1. The predicted molar refractivity (Wildman–Crippen MR) is 118 cm³/mol. The number of ether oxygens (including phenoxy) is 1. The largest absolute Gasteiger partial charge is 0.507 e. The summed E-state index contributed by atoms with van der Waals surface area (Å²) in [7, 11) is -3.53. The molecule has 1 fully saturated rings. The highest BCUT2D eigenvalue weighted by atomic mass is 32.2. The number of benzene rings is 2. The van der Waals surface area contributed by atoms with Gasteiger partial charge in [0.1, 0.15) is 5.75 Å². The molecule has 0 unspecified atom stereocenters. The molecule has 0 saturated carbocycles. The van der Waals surface area contributed by atoms with Crippen molar-refractivity contribution >= 4 is 21.6 Å². The highest BCUT2D eigenvalue weighted by molar-refractivity contribution is 7.89. The van der Waals surface area contributed by atoms with Gasteiger partial charge in [-0.1, -0.05) is 23.8 Å². The van der Waals surface area contributed by atoms with Crippen LogP contribution >= 0.6 is 0 Å².